The Hall–Kier alpha value is -2.74. The van der Waals surface area contributed by atoms with E-state index in [1.165, 1.54) is 0 Å². The highest BCUT2D eigenvalue weighted by Gasteiger charge is 2.10. The van der Waals surface area contributed by atoms with Crippen LogP contribution in [0.25, 0.3) is 0 Å². The van der Waals surface area contributed by atoms with Gasteiger partial charge in [-0.3, -0.25) is 4.72 Å². The normalized spacial score (nSPS) is 12.1. The molecule has 134 valence electrons. The highest BCUT2D eigenvalue weighted by molar-refractivity contribution is 7.92. The van der Waals surface area contributed by atoms with Crippen molar-refractivity contribution in [2.75, 3.05) is 23.4 Å². The Kier molecular flexibility index (Phi) is 5.87. The molecule has 0 bridgehead atoms. The smallest absolute Gasteiger partial charge is 0.319 e. The van der Waals surface area contributed by atoms with Crippen LogP contribution in [0, 0.1) is 0 Å². The number of hydrogen-bond acceptors (Lipinski definition) is 4. The lowest BCUT2D eigenvalue weighted by Gasteiger charge is -2.15. The minimum absolute atomic E-state index is 0.183. The van der Waals surface area contributed by atoms with E-state index in [4.69, 9.17) is 4.74 Å². The number of nitrogens with one attached hydrogen (secondary N) is 3. The Morgan fingerprint density at radius 1 is 1.00 bits per heavy atom. The van der Waals surface area contributed by atoms with Crippen LogP contribution in [0.2, 0.25) is 0 Å². The van der Waals surface area contributed by atoms with Gasteiger partial charge in [-0.25, -0.2) is 13.2 Å². The van der Waals surface area contributed by atoms with E-state index in [1.807, 2.05) is 31.2 Å². The van der Waals surface area contributed by atoms with Gasteiger partial charge in [-0.2, -0.15) is 0 Å². The van der Waals surface area contributed by atoms with Crippen LogP contribution < -0.4 is 20.1 Å². The fraction of sp³-hybridized carbons (Fsp3) is 0.235. The molecule has 1 atom stereocenters. The molecule has 2 amide bonds. The van der Waals surface area contributed by atoms with Gasteiger partial charge in [0.2, 0.25) is 10.0 Å². The molecule has 0 aliphatic heterocycles. The molecule has 25 heavy (non-hydrogen) atoms. The number of carbonyl (C=O) groups is 1. The lowest BCUT2D eigenvalue weighted by Crippen LogP contribution is -2.31. The summed E-state index contributed by atoms with van der Waals surface area (Å²) in [6, 6.07) is 13.3. The van der Waals surface area contributed by atoms with Crippen LogP contribution in [0.3, 0.4) is 0 Å². The Balaban J connectivity index is 1.92. The molecule has 0 spiro atoms. The summed E-state index contributed by atoms with van der Waals surface area (Å²) in [7, 11) is -1.73. The van der Waals surface area contributed by atoms with Gasteiger partial charge in [-0.15, -0.1) is 0 Å². The van der Waals surface area contributed by atoms with Crippen molar-refractivity contribution in [3.63, 3.8) is 0 Å². The average molecular weight is 363 g/mol. The molecule has 1 unspecified atom stereocenters. The van der Waals surface area contributed by atoms with E-state index >= 15 is 0 Å². The van der Waals surface area contributed by atoms with Gasteiger partial charge in [-0.1, -0.05) is 12.1 Å². The molecule has 0 fully saturated rings. The molecule has 3 N–H and O–H groups in total. The molecule has 2 rings (SSSR count). The SMILES string of the molecule is COc1ccc(C(C)NC(=O)Nc2ccc(NS(C)(=O)=O)cc2)cc1. The van der Waals surface area contributed by atoms with Crippen LogP contribution >= 0.6 is 0 Å². The Bertz CT molecular complexity index is 818. The molecule has 0 radical (unpaired) electrons. The Morgan fingerprint density at radius 3 is 2.08 bits per heavy atom. The number of rotatable bonds is 6. The molecular formula is C17H21N3O4S. The minimum Gasteiger partial charge on any atom is -0.497 e. The summed E-state index contributed by atoms with van der Waals surface area (Å²) in [6.45, 7) is 1.88. The van der Waals surface area contributed by atoms with Crippen molar-refractivity contribution in [3.8, 4) is 5.75 Å². The summed E-state index contributed by atoms with van der Waals surface area (Å²) in [5, 5.41) is 5.54. The molecule has 0 saturated heterocycles. The fourth-order valence-electron chi connectivity index (χ4n) is 2.18. The number of ether oxygens (including phenoxy) is 1. The highest BCUT2D eigenvalue weighted by Crippen LogP contribution is 2.18. The van der Waals surface area contributed by atoms with Gasteiger partial charge in [-0.05, 0) is 48.9 Å². The topological polar surface area (TPSA) is 96.5 Å². The van der Waals surface area contributed by atoms with E-state index in [1.54, 1.807) is 31.4 Å². The number of benzene rings is 2. The number of anilines is 2. The molecule has 0 saturated carbocycles. The van der Waals surface area contributed by atoms with Crippen molar-refractivity contribution < 1.29 is 17.9 Å². The molecule has 0 aliphatic rings. The van der Waals surface area contributed by atoms with E-state index in [0.29, 0.717) is 11.4 Å². The van der Waals surface area contributed by atoms with Gasteiger partial charge >= 0.3 is 6.03 Å². The second-order valence-corrected chi connectivity index (χ2v) is 7.29. The predicted molar refractivity (Wildman–Crippen MR) is 98.5 cm³/mol. The van der Waals surface area contributed by atoms with Crippen LogP contribution in [0.4, 0.5) is 16.2 Å². The zero-order valence-corrected chi connectivity index (χ0v) is 15.1. The number of amides is 2. The van der Waals surface area contributed by atoms with Crippen molar-refractivity contribution in [1.29, 1.82) is 0 Å². The van der Waals surface area contributed by atoms with Crippen LogP contribution in [-0.2, 0) is 10.0 Å². The van der Waals surface area contributed by atoms with E-state index < -0.39 is 10.0 Å². The van der Waals surface area contributed by atoms with Crippen LogP contribution in [-0.4, -0.2) is 27.8 Å². The van der Waals surface area contributed by atoms with Crippen molar-refractivity contribution in [3.05, 3.63) is 54.1 Å². The van der Waals surface area contributed by atoms with Crippen molar-refractivity contribution >= 4 is 27.4 Å². The number of urea groups is 1. The zero-order chi connectivity index (χ0) is 18.4. The Morgan fingerprint density at radius 2 is 1.56 bits per heavy atom. The molecule has 8 heteroatoms. The lowest BCUT2D eigenvalue weighted by molar-refractivity contribution is 0.249. The minimum atomic E-state index is -3.32. The largest absolute Gasteiger partial charge is 0.497 e. The summed E-state index contributed by atoms with van der Waals surface area (Å²) < 4.78 is 29.8. The molecule has 2 aromatic rings. The molecule has 0 heterocycles. The van der Waals surface area contributed by atoms with Gasteiger partial charge in [0, 0.05) is 11.4 Å². The zero-order valence-electron chi connectivity index (χ0n) is 14.2. The fourth-order valence-corrected chi connectivity index (χ4v) is 2.74. The van der Waals surface area contributed by atoms with Crippen LogP contribution in [0.1, 0.15) is 18.5 Å². The van der Waals surface area contributed by atoms with Gasteiger partial charge in [0.05, 0.1) is 19.4 Å². The van der Waals surface area contributed by atoms with Crippen molar-refractivity contribution in [2.45, 2.75) is 13.0 Å². The van der Waals surface area contributed by atoms with Gasteiger partial charge in [0.1, 0.15) is 5.75 Å². The number of methoxy groups -OCH3 is 1. The average Bonchev–Trinajstić information content (AvgIpc) is 2.55. The summed E-state index contributed by atoms with van der Waals surface area (Å²) in [5.41, 5.74) is 1.93. The maximum absolute atomic E-state index is 12.1. The maximum atomic E-state index is 12.1. The third-order valence-corrected chi connectivity index (χ3v) is 4.02. The first-order valence-electron chi connectivity index (χ1n) is 7.56. The van der Waals surface area contributed by atoms with E-state index in [-0.39, 0.29) is 12.1 Å². The number of hydrogen-bond donors (Lipinski definition) is 3. The quantitative estimate of drug-likeness (QED) is 0.735. The van der Waals surface area contributed by atoms with Gasteiger partial charge in [0.15, 0.2) is 0 Å². The first-order valence-corrected chi connectivity index (χ1v) is 9.45. The molecular weight excluding hydrogens is 342 g/mol. The second-order valence-electron chi connectivity index (χ2n) is 5.54. The molecule has 0 aliphatic carbocycles. The van der Waals surface area contributed by atoms with Crippen LogP contribution in [0.15, 0.2) is 48.5 Å². The first kappa shape index (κ1) is 18.6. The van der Waals surface area contributed by atoms with Crippen LogP contribution in [0.5, 0.6) is 5.75 Å². The summed E-state index contributed by atoms with van der Waals surface area (Å²) in [6.07, 6.45) is 1.08. The highest BCUT2D eigenvalue weighted by atomic mass is 32.2. The standard InChI is InChI=1S/C17H21N3O4S/c1-12(13-4-10-16(24-2)11-5-13)18-17(21)19-14-6-8-15(9-7-14)20-25(3,22)23/h4-12,20H,1-3H3,(H2,18,19,21). The maximum Gasteiger partial charge on any atom is 0.319 e. The van der Waals surface area contributed by atoms with Gasteiger partial charge in [0.25, 0.3) is 0 Å². The van der Waals surface area contributed by atoms with Gasteiger partial charge < -0.3 is 15.4 Å². The monoisotopic (exact) mass is 363 g/mol. The third-order valence-electron chi connectivity index (χ3n) is 3.41. The molecule has 7 nitrogen and oxygen atoms in total. The van der Waals surface area contributed by atoms with E-state index in [9.17, 15) is 13.2 Å². The van der Waals surface area contributed by atoms with E-state index in [0.717, 1.165) is 17.6 Å². The van der Waals surface area contributed by atoms with Crippen molar-refractivity contribution in [2.24, 2.45) is 0 Å². The molecule has 2 aromatic carbocycles. The van der Waals surface area contributed by atoms with E-state index in [2.05, 4.69) is 15.4 Å². The summed E-state index contributed by atoms with van der Waals surface area (Å²) in [4.78, 5) is 12.1. The Labute approximate surface area is 147 Å². The lowest BCUT2D eigenvalue weighted by atomic mass is 10.1. The summed E-state index contributed by atoms with van der Waals surface area (Å²) >= 11 is 0. The van der Waals surface area contributed by atoms with Crippen molar-refractivity contribution in [1.82, 2.24) is 5.32 Å². The third kappa shape index (κ3) is 6.00. The molecule has 0 aromatic heterocycles. The summed E-state index contributed by atoms with van der Waals surface area (Å²) in [5.74, 6) is 0.753. The number of carbonyl (C=O) groups excluding carboxylic acids is 1. The second kappa shape index (κ2) is 7.89. The predicted octanol–water partition coefficient (Wildman–Crippen LogP) is 2.95. The first-order chi connectivity index (χ1) is 11.8. The number of sulfonamides is 1.